The summed E-state index contributed by atoms with van der Waals surface area (Å²) in [5.41, 5.74) is 3.09. The van der Waals surface area contributed by atoms with Crippen LogP contribution < -0.4 is 10.6 Å². The molecule has 0 atom stereocenters. The van der Waals surface area contributed by atoms with E-state index in [1.54, 1.807) is 38.2 Å². The Bertz CT molecular complexity index is 1040. The molecular formula is C27H34N2O3S. The lowest BCUT2D eigenvalue weighted by Gasteiger charge is -2.21. The lowest BCUT2D eigenvalue weighted by molar-refractivity contribution is 0.0635. The van der Waals surface area contributed by atoms with Crippen LogP contribution >= 0.6 is 11.3 Å². The molecule has 2 N–H and O–H groups in total. The van der Waals surface area contributed by atoms with Crippen LogP contribution in [0.1, 0.15) is 63.9 Å². The van der Waals surface area contributed by atoms with Gasteiger partial charge in [-0.25, -0.2) is 4.79 Å². The lowest BCUT2D eigenvalue weighted by Crippen LogP contribution is -2.27. The van der Waals surface area contributed by atoms with Crippen LogP contribution in [0.3, 0.4) is 0 Å². The van der Waals surface area contributed by atoms with Gasteiger partial charge in [0.2, 0.25) is 0 Å². The van der Waals surface area contributed by atoms with Crippen molar-refractivity contribution in [2.24, 2.45) is 0 Å². The summed E-state index contributed by atoms with van der Waals surface area (Å²) in [7, 11) is 0. The van der Waals surface area contributed by atoms with E-state index in [9.17, 15) is 9.59 Å². The minimum Gasteiger partial charge on any atom is -0.444 e. The Balaban J connectivity index is 0.00000187. The second-order valence-corrected chi connectivity index (χ2v) is 9.21. The molecule has 0 unspecified atom stereocenters. The maximum Gasteiger partial charge on any atom is 0.412 e. The number of ether oxygens (including phenoxy) is 1. The number of amides is 2. The summed E-state index contributed by atoms with van der Waals surface area (Å²) in [6, 6.07) is 17.1. The molecule has 5 nitrogen and oxygen atoms in total. The van der Waals surface area contributed by atoms with Crippen LogP contribution in [-0.4, -0.2) is 17.6 Å². The van der Waals surface area contributed by atoms with Gasteiger partial charge < -0.3 is 10.1 Å². The van der Waals surface area contributed by atoms with Crippen molar-refractivity contribution in [1.82, 2.24) is 0 Å². The highest BCUT2D eigenvalue weighted by molar-refractivity contribution is 7.13. The molecule has 0 saturated carbocycles. The number of rotatable bonds is 6. The second-order valence-electron chi connectivity index (χ2n) is 8.27. The Kier molecular flexibility index (Phi) is 9.67. The third-order valence-corrected chi connectivity index (χ3v) is 5.38. The number of carbonyl (C=O) groups is 2. The first-order valence-electron chi connectivity index (χ1n) is 11.3. The molecule has 0 aliphatic heterocycles. The van der Waals surface area contributed by atoms with Crippen molar-refractivity contribution in [2.75, 3.05) is 10.6 Å². The molecule has 0 spiro atoms. The molecule has 0 aliphatic carbocycles. The average molecular weight is 467 g/mol. The maximum absolute atomic E-state index is 12.9. The highest BCUT2D eigenvalue weighted by atomic mass is 32.1. The van der Waals surface area contributed by atoms with Gasteiger partial charge in [0, 0.05) is 10.4 Å². The molecule has 3 rings (SSSR count). The van der Waals surface area contributed by atoms with E-state index in [-0.39, 0.29) is 5.91 Å². The maximum atomic E-state index is 12.9. The molecule has 176 valence electrons. The highest BCUT2D eigenvalue weighted by Crippen LogP contribution is 2.32. The van der Waals surface area contributed by atoms with Gasteiger partial charge in [-0.3, -0.25) is 10.1 Å². The number of nitrogens with one attached hydrogen (secondary N) is 2. The van der Waals surface area contributed by atoms with Gasteiger partial charge in [0.25, 0.3) is 5.91 Å². The van der Waals surface area contributed by atoms with Crippen molar-refractivity contribution in [2.45, 2.75) is 60.0 Å². The molecule has 0 radical (unpaired) electrons. The predicted molar refractivity (Wildman–Crippen MR) is 139 cm³/mol. The second kappa shape index (κ2) is 12.2. The zero-order valence-electron chi connectivity index (χ0n) is 20.3. The van der Waals surface area contributed by atoms with Gasteiger partial charge in [0.15, 0.2) is 0 Å². The molecule has 33 heavy (non-hydrogen) atoms. The number of benzene rings is 2. The van der Waals surface area contributed by atoms with Crippen molar-refractivity contribution in [1.29, 1.82) is 0 Å². The molecule has 0 fully saturated rings. The summed E-state index contributed by atoms with van der Waals surface area (Å²) in [5, 5.41) is 7.69. The number of anilines is 2. The van der Waals surface area contributed by atoms with E-state index in [0.29, 0.717) is 16.9 Å². The first kappa shape index (κ1) is 26.1. The zero-order chi connectivity index (χ0) is 24.4. The summed E-state index contributed by atoms with van der Waals surface area (Å²) < 4.78 is 5.36. The summed E-state index contributed by atoms with van der Waals surface area (Å²) in [4.78, 5) is 26.3. The summed E-state index contributed by atoms with van der Waals surface area (Å²) in [5.74, 6) is -0.237. The van der Waals surface area contributed by atoms with Crippen molar-refractivity contribution in [3.63, 3.8) is 0 Å². The molecule has 1 aromatic heterocycles. The Morgan fingerprint density at radius 2 is 1.64 bits per heavy atom. The summed E-state index contributed by atoms with van der Waals surface area (Å²) in [6.07, 6.45) is 1.46. The van der Waals surface area contributed by atoms with Crippen LogP contribution in [0.5, 0.6) is 0 Å². The van der Waals surface area contributed by atoms with Gasteiger partial charge >= 0.3 is 6.09 Å². The number of thiophene rings is 1. The molecule has 1 heterocycles. The van der Waals surface area contributed by atoms with Gasteiger partial charge in [0.05, 0.1) is 11.4 Å². The largest absolute Gasteiger partial charge is 0.444 e. The van der Waals surface area contributed by atoms with Crippen LogP contribution in [-0.2, 0) is 11.2 Å². The Morgan fingerprint density at radius 1 is 0.939 bits per heavy atom. The Hall–Kier alpha value is -3.12. The topological polar surface area (TPSA) is 67.4 Å². The number of aryl methyl sites for hydroxylation is 1. The van der Waals surface area contributed by atoms with E-state index in [2.05, 4.69) is 17.6 Å². The monoisotopic (exact) mass is 466 g/mol. The lowest BCUT2D eigenvalue weighted by atomic mass is 10.1. The number of hydrogen-bond donors (Lipinski definition) is 2. The van der Waals surface area contributed by atoms with Crippen molar-refractivity contribution in [3.05, 3.63) is 71.1 Å². The Morgan fingerprint density at radius 3 is 2.21 bits per heavy atom. The van der Waals surface area contributed by atoms with E-state index < -0.39 is 11.7 Å². The summed E-state index contributed by atoms with van der Waals surface area (Å²) in [6.45, 7) is 11.5. The SMILES string of the molecule is CC.CCCc1ccc(C(=O)Nc2cc(-c3cccs3)ccc2NC(=O)OC(C)(C)C)cc1. The molecule has 0 bridgehead atoms. The fraction of sp³-hybridized carbons (Fsp3) is 0.333. The third-order valence-electron chi connectivity index (χ3n) is 4.46. The van der Waals surface area contributed by atoms with E-state index in [1.807, 2.05) is 67.8 Å². The van der Waals surface area contributed by atoms with Crippen LogP contribution in [0.15, 0.2) is 60.0 Å². The van der Waals surface area contributed by atoms with E-state index in [4.69, 9.17) is 4.74 Å². The smallest absolute Gasteiger partial charge is 0.412 e. The van der Waals surface area contributed by atoms with Gasteiger partial charge in [0.1, 0.15) is 5.60 Å². The van der Waals surface area contributed by atoms with Crippen LogP contribution in [0.4, 0.5) is 16.2 Å². The predicted octanol–water partition coefficient (Wildman–Crippen LogP) is 7.99. The van der Waals surface area contributed by atoms with E-state index in [0.717, 1.165) is 23.3 Å². The van der Waals surface area contributed by atoms with Crippen molar-refractivity contribution in [3.8, 4) is 10.4 Å². The molecule has 2 aromatic carbocycles. The van der Waals surface area contributed by atoms with E-state index in [1.165, 1.54) is 5.56 Å². The van der Waals surface area contributed by atoms with Crippen molar-refractivity contribution >= 4 is 34.7 Å². The van der Waals surface area contributed by atoms with Gasteiger partial charge in [-0.05, 0) is 74.0 Å². The first-order chi connectivity index (χ1) is 15.7. The molecule has 0 saturated heterocycles. The minimum atomic E-state index is -0.620. The molecular weight excluding hydrogens is 432 g/mol. The zero-order valence-corrected chi connectivity index (χ0v) is 21.1. The average Bonchev–Trinajstić information content (AvgIpc) is 3.31. The Labute approximate surface area is 201 Å². The van der Waals surface area contributed by atoms with Crippen LogP contribution in [0.25, 0.3) is 10.4 Å². The highest BCUT2D eigenvalue weighted by Gasteiger charge is 2.18. The van der Waals surface area contributed by atoms with Crippen LogP contribution in [0, 0.1) is 0 Å². The standard InChI is InChI=1S/C25H28N2O3S.C2H6/c1-5-7-17-9-11-18(12-10-17)23(28)26-21-16-19(22-8-6-15-31-22)13-14-20(21)27-24(29)30-25(2,3)4;1-2/h6,8-16H,5,7H2,1-4H3,(H,26,28)(H,27,29);1-2H3. The van der Waals surface area contributed by atoms with Gasteiger partial charge in [-0.2, -0.15) is 0 Å². The van der Waals surface area contributed by atoms with Gasteiger partial charge in [-0.1, -0.05) is 51.5 Å². The molecule has 0 aliphatic rings. The van der Waals surface area contributed by atoms with Crippen LogP contribution in [0.2, 0.25) is 0 Å². The third kappa shape index (κ3) is 8.06. The normalized spacial score (nSPS) is 10.6. The van der Waals surface area contributed by atoms with Crippen molar-refractivity contribution < 1.29 is 14.3 Å². The fourth-order valence-corrected chi connectivity index (χ4v) is 3.80. The molecule has 3 aromatic rings. The quantitative estimate of drug-likeness (QED) is 0.387. The number of carbonyl (C=O) groups excluding carboxylic acids is 2. The fourth-order valence-electron chi connectivity index (χ4n) is 3.07. The molecule has 6 heteroatoms. The number of hydrogen-bond acceptors (Lipinski definition) is 4. The first-order valence-corrected chi connectivity index (χ1v) is 12.2. The molecule has 2 amide bonds. The van der Waals surface area contributed by atoms with Gasteiger partial charge in [-0.15, -0.1) is 11.3 Å². The minimum absolute atomic E-state index is 0.237. The summed E-state index contributed by atoms with van der Waals surface area (Å²) >= 11 is 1.61. The van der Waals surface area contributed by atoms with E-state index >= 15 is 0 Å².